The average Bonchev–Trinajstić information content (AvgIpc) is 2.87. The molecule has 1 aliphatic rings. The van der Waals surface area contributed by atoms with Crippen LogP contribution in [0.4, 0.5) is 11.6 Å². The molecule has 160 valence electrons. The predicted octanol–water partition coefficient (Wildman–Crippen LogP) is 3.23. The van der Waals surface area contributed by atoms with Crippen molar-refractivity contribution in [3.8, 4) is 22.5 Å². The normalized spacial score (nSPS) is 13.9. The molecule has 0 unspecified atom stereocenters. The number of rotatable bonds is 4. The van der Waals surface area contributed by atoms with Crippen molar-refractivity contribution in [3.63, 3.8) is 0 Å². The highest BCUT2D eigenvalue weighted by Crippen LogP contribution is 2.31. The lowest BCUT2D eigenvalue weighted by atomic mass is 10.0. The van der Waals surface area contributed by atoms with E-state index < -0.39 is 0 Å². The van der Waals surface area contributed by atoms with Gasteiger partial charge in [-0.2, -0.15) is 0 Å². The molecule has 2 aromatic carbocycles. The molecule has 4 aromatic rings. The zero-order valence-electron chi connectivity index (χ0n) is 17.9. The van der Waals surface area contributed by atoms with Gasteiger partial charge in [-0.25, -0.2) is 15.0 Å². The van der Waals surface area contributed by atoms with Gasteiger partial charge in [0.05, 0.1) is 11.4 Å². The van der Waals surface area contributed by atoms with Gasteiger partial charge in [0.25, 0.3) is 5.56 Å². The van der Waals surface area contributed by atoms with Crippen LogP contribution in [0.15, 0.2) is 84.0 Å². The highest BCUT2D eigenvalue weighted by molar-refractivity contribution is 5.78. The zero-order chi connectivity index (χ0) is 21.9. The van der Waals surface area contributed by atoms with Crippen LogP contribution >= 0.6 is 0 Å². The highest BCUT2D eigenvalue weighted by Gasteiger charge is 2.23. The van der Waals surface area contributed by atoms with E-state index in [0.29, 0.717) is 17.3 Å². The lowest BCUT2D eigenvalue weighted by molar-refractivity contribution is 0.621. The number of benzene rings is 2. The van der Waals surface area contributed by atoms with Crippen LogP contribution in [0.3, 0.4) is 0 Å². The fourth-order valence-electron chi connectivity index (χ4n) is 4.14. The molecule has 0 atom stereocenters. The summed E-state index contributed by atoms with van der Waals surface area (Å²) in [5.41, 5.74) is 4.80. The summed E-state index contributed by atoms with van der Waals surface area (Å²) in [4.78, 5) is 30.2. The summed E-state index contributed by atoms with van der Waals surface area (Å²) in [6.45, 7) is 3.24. The van der Waals surface area contributed by atoms with Gasteiger partial charge in [0, 0.05) is 56.7 Å². The Hall–Kier alpha value is -4.00. The van der Waals surface area contributed by atoms with Crippen LogP contribution in [0.2, 0.25) is 0 Å². The molecule has 32 heavy (non-hydrogen) atoms. The molecule has 5 rings (SSSR count). The number of hydrogen-bond acceptors (Lipinski definition) is 6. The van der Waals surface area contributed by atoms with Crippen LogP contribution < -0.4 is 15.4 Å². The first-order valence-electron chi connectivity index (χ1n) is 10.7. The lowest BCUT2D eigenvalue weighted by Crippen LogP contribution is -2.48. The molecule has 0 radical (unpaired) electrons. The van der Waals surface area contributed by atoms with Crippen molar-refractivity contribution in [1.82, 2.24) is 19.5 Å². The maximum Gasteiger partial charge on any atom is 0.255 e. The van der Waals surface area contributed by atoms with Gasteiger partial charge < -0.3 is 9.80 Å². The zero-order valence-corrected chi connectivity index (χ0v) is 17.9. The third-order valence-corrected chi connectivity index (χ3v) is 5.85. The van der Waals surface area contributed by atoms with Gasteiger partial charge in [0.15, 0.2) is 0 Å². The number of para-hydroxylation sites is 1. The minimum Gasteiger partial charge on any atom is -0.367 e. The van der Waals surface area contributed by atoms with Crippen molar-refractivity contribution in [2.24, 2.45) is 7.05 Å². The quantitative estimate of drug-likeness (QED) is 0.501. The minimum absolute atomic E-state index is 0.0968. The van der Waals surface area contributed by atoms with E-state index in [1.54, 1.807) is 23.9 Å². The Kier molecular flexibility index (Phi) is 5.37. The molecular formula is C25H24N6O. The van der Waals surface area contributed by atoms with Crippen LogP contribution in [0.1, 0.15) is 0 Å². The van der Waals surface area contributed by atoms with Crippen molar-refractivity contribution in [1.29, 1.82) is 0 Å². The minimum atomic E-state index is -0.0968. The van der Waals surface area contributed by atoms with Gasteiger partial charge in [-0.15, -0.1) is 0 Å². The molecule has 0 N–H and O–H groups in total. The molecule has 1 aliphatic heterocycles. The van der Waals surface area contributed by atoms with E-state index in [2.05, 4.69) is 68.3 Å². The molecule has 0 amide bonds. The summed E-state index contributed by atoms with van der Waals surface area (Å²) in [6, 6.07) is 22.3. The Labute approximate surface area is 186 Å². The third-order valence-electron chi connectivity index (χ3n) is 5.85. The van der Waals surface area contributed by atoms with E-state index in [1.165, 1.54) is 29.2 Å². The van der Waals surface area contributed by atoms with Crippen molar-refractivity contribution >= 4 is 11.6 Å². The second-order valence-corrected chi connectivity index (χ2v) is 7.79. The monoisotopic (exact) mass is 424 g/mol. The third kappa shape index (κ3) is 3.85. The van der Waals surface area contributed by atoms with Crippen molar-refractivity contribution in [2.75, 3.05) is 36.0 Å². The fraction of sp³-hybridized carbons (Fsp3) is 0.200. The highest BCUT2D eigenvalue weighted by atomic mass is 16.1. The van der Waals surface area contributed by atoms with Crippen molar-refractivity contribution < 1.29 is 0 Å². The number of piperazine rings is 1. The van der Waals surface area contributed by atoms with Gasteiger partial charge in [-0.1, -0.05) is 48.5 Å². The van der Waals surface area contributed by atoms with Gasteiger partial charge in [0.1, 0.15) is 6.33 Å². The second kappa shape index (κ2) is 8.63. The second-order valence-electron chi connectivity index (χ2n) is 7.79. The molecule has 1 saturated heterocycles. The summed E-state index contributed by atoms with van der Waals surface area (Å²) in [5.74, 6) is 0.669. The Morgan fingerprint density at radius 3 is 2.28 bits per heavy atom. The molecule has 1 fully saturated rings. The van der Waals surface area contributed by atoms with E-state index in [4.69, 9.17) is 4.98 Å². The van der Waals surface area contributed by atoms with Crippen molar-refractivity contribution in [2.45, 2.75) is 0 Å². The maximum atomic E-state index is 12.6. The summed E-state index contributed by atoms with van der Waals surface area (Å²) in [7, 11) is 1.77. The topological polar surface area (TPSA) is 67.2 Å². The Balaban J connectivity index is 1.40. The van der Waals surface area contributed by atoms with Gasteiger partial charge >= 0.3 is 0 Å². The van der Waals surface area contributed by atoms with E-state index >= 15 is 0 Å². The molecule has 0 bridgehead atoms. The van der Waals surface area contributed by atoms with Crippen LogP contribution in [0.25, 0.3) is 22.5 Å². The van der Waals surface area contributed by atoms with Gasteiger partial charge in [0.2, 0.25) is 5.95 Å². The van der Waals surface area contributed by atoms with Crippen LogP contribution in [-0.4, -0.2) is 45.7 Å². The van der Waals surface area contributed by atoms with E-state index in [-0.39, 0.29) is 5.56 Å². The first-order chi connectivity index (χ1) is 15.7. The fourth-order valence-corrected chi connectivity index (χ4v) is 4.14. The van der Waals surface area contributed by atoms with Crippen LogP contribution in [0, 0.1) is 0 Å². The van der Waals surface area contributed by atoms with E-state index in [0.717, 1.165) is 26.2 Å². The SMILES string of the molecule is Cn1c(N2CCN(c3ccccc3-c3ccccc3)CC2)nc(-c2ccncn2)cc1=O. The number of hydrogen-bond donors (Lipinski definition) is 0. The first-order valence-corrected chi connectivity index (χ1v) is 10.7. The Bertz CT molecular complexity index is 1260. The molecule has 7 heteroatoms. The standard InChI is InChI=1S/C25H24N6O/c1-29-24(32)17-22(21-11-12-26-18-27-21)28-25(29)31-15-13-30(14-16-31)23-10-6-5-9-20(23)19-7-3-2-4-8-19/h2-12,17-18H,13-16H2,1H3. The van der Waals surface area contributed by atoms with Crippen molar-refractivity contribution in [3.05, 3.63) is 89.6 Å². The van der Waals surface area contributed by atoms with Gasteiger partial charge in [-0.3, -0.25) is 9.36 Å². The molecule has 3 heterocycles. The largest absolute Gasteiger partial charge is 0.367 e. The molecule has 0 saturated carbocycles. The average molecular weight is 425 g/mol. The number of anilines is 2. The molecule has 0 spiro atoms. The smallest absolute Gasteiger partial charge is 0.255 e. The number of aromatic nitrogens is 4. The first kappa shape index (κ1) is 19.9. The lowest BCUT2D eigenvalue weighted by Gasteiger charge is -2.38. The molecular weight excluding hydrogens is 400 g/mol. The maximum absolute atomic E-state index is 12.6. The molecule has 7 nitrogen and oxygen atoms in total. The number of nitrogens with zero attached hydrogens (tertiary/aromatic N) is 6. The summed E-state index contributed by atoms with van der Waals surface area (Å²) < 4.78 is 1.61. The van der Waals surface area contributed by atoms with E-state index in [1.807, 2.05) is 6.07 Å². The van der Waals surface area contributed by atoms with Gasteiger partial charge in [-0.05, 0) is 17.7 Å². The summed E-state index contributed by atoms with van der Waals surface area (Å²) in [5, 5.41) is 0. The van der Waals surface area contributed by atoms with Crippen LogP contribution in [0.5, 0.6) is 0 Å². The predicted molar refractivity (Wildman–Crippen MR) is 127 cm³/mol. The molecule has 0 aliphatic carbocycles. The van der Waals surface area contributed by atoms with Crippen LogP contribution in [-0.2, 0) is 7.05 Å². The Morgan fingerprint density at radius 2 is 1.53 bits per heavy atom. The summed E-state index contributed by atoms with van der Waals surface area (Å²) >= 11 is 0. The van der Waals surface area contributed by atoms with E-state index in [9.17, 15) is 4.79 Å². The Morgan fingerprint density at radius 1 is 0.812 bits per heavy atom. The summed E-state index contributed by atoms with van der Waals surface area (Å²) in [6.07, 6.45) is 3.13. The molecule has 2 aromatic heterocycles.